The van der Waals surface area contributed by atoms with Crippen LogP contribution in [0.2, 0.25) is 6.04 Å². The number of rotatable bonds is 9. The number of hydrogen-bond donors (Lipinski definition) is 0. The van der Waals surface area contributed by atoms with Gasteiger partial charge in [-0.3, -0.25) is 0 Å². The Morgan fingerprint density at radius 2 is 1.17 bits per heavy atom. The lowest BCUT2D eigenvalue weighted by Crippen LogP contribution is -2.50. The molecule has 0 aliphatic heterocycles. The highest BCUT2D eigenvalue weighted by Crippen LogP contribution is 2.35. The van der Waals surface area contributed by atoms with Crippen molar-refractivity contribution in [1.82, 2.24) is 3.71 Å². The maximum absolute atomic E-state index is 12.5. The highest BCUT2D eigenvalue weighted by Gasteiger charge is 2.61. The van der Waals surface area contributed by atoms with Gasteiger partial charge in [-0.05, 0) is 13.8 Å². The minimum absolute atomic E-state index is 0.00886. The summed E-state index contributed by atoms with van der Waals surface area (Å²) in [6.07, 6.45) is 0. The van der Waals surface area contributed by atoms with Crippen LogP contribution in [-0.4, -0.2) is 60.6 Å². The molecular weight excluding hydrogens is 412 g/mol. The summed E-state index contributed by atoms with van der Waals surface area (Å²) in [4.78, 5) is 0. The second kappa shape index (κ2) is 8.30. The summed E-state index contributed by atoms with van der Waals surface area (Å²) in [6, 6.07) is -0.730. The Kier molecular flexibility index (Phi) is 8.16. The monoisotopic (exact) mass is 427 g/mol. The van der Waals surface area contributed by atoms with Gasteiger partial charge in [-0.25, -0.2) is 16.8 Å². The largest absolute Gasteiger partial charge is 0.512 e. The van der Waals surface area contributed by atoms with Gasteiger partial charge in [-0.2, -0.15) is 26.3 Å². The molecule has 0 bridgehead atoms. The molecular formula is C8H15F6NO6S2Si. The van der Waals surface area contributed by atoms with Crippen molar-refractivity contribution in [2.24, 2.45) is 0 Å². The molecule has 0 heterocycles. The zero-order valence-corrected chi connectivity index (χ0v) is 15.2. The normalized spacial score (nSPS) is 14.6. The molecule has 0 unspecified atom stereocenters. The molecule has 0 aromatic heterocycles. The average molecular weight is 427 g/mol. The Bertz CT molecular complexity index is 554. The summed E-state index contributed by atoms with van der Waals surface area (Å²) in [7, 11) is -16.4. The van der Waals surface area contributed by atoms with E-state index in [-0.39, 0.29) is 13.2 Å². The number of hydrogen-bond acceptors (Lipinski definition) is 6. The topological polar surface area (TPSA) is 90.0 Å². The van der Waals surface area contributed by atoms with Crippen LogP contribution < -0.4 is 0 Å². The third-order valence-electron chi connectivity index (χ3n) is 2.37. The van der Waals surface area contributed by atoms with Crippen molar-refractivity contribution >= 4 is 29.3 Å². The Balaban J connectivity index is 5.78. The minimum Gasteiger partial charge on any atom is -0.397 e. The predicted octanol–water partition coefficient (Wildman–Crippen LogP) is 1.28. The van der Waals surface area contributed by atoms with Crippen LogP contribution in [0.15, 0.2) is 0 Å². The molecule has 16 heteroatoms. The van der Waals surface area contributed by atoms with Gasteiger partial charge < -0.3 is 8.85 Å². The van der Waals surface area contributed by atoms with Crippen molar-refractivity contribution in [3.05, 3.63) is 0 Å². The zero-order valence-electron chi connectivity index (χ0n) is 12.4. The lowest BCUT2D eigenvalue weighted by atomic mass is 10.8. The van der Waals surface area contributed by atoms with Crippen LogP contribution in [0.1, 0.15) is 13.8 Å². The number of alkyl halides is 6. The van der Waals surface area contributed by atoms with Gasteiger partial charge >= 0.3 is 40.3 Å². The fourth-order valence-electron chi connectivity index (χ4n) is 1.40. The molecule has 0 N–H and O–H groups in total. The van der Waals surface area contributed by atoms with Crippen molar-refractivity contribution in [1.29, 1.82) is 0 Å². The first kappa shape index (κ1) is 23.6. The summed E-state index contributed by atoms with van der Waals surface area (Å²) in [5, 5.41) is 0. The maximum Gasteiger partial charge on any atom is 0.512 e. The Morgan fingerprint density at radius 1 is 0.833 bits per heavy atom. The second-order valence-corrected chi connectivity index (χ2v) is 10.1. The molecule has 7 nitrogen and oxygen atoms in total. The van der Waals surface area contributed by atoms with Crippen LogP contribution in [0.25, 0.3) is 0 Å². The van der Waals surface area contributed by atoms with Crippen LogP contribution in [0.4, 0.5) is 26.3 Å². The molecule has 0 aliphatic carbocycles. The summed E-state index contributed by atoms with van der Waals surface area (Å²) in [6.45, 7) is 1.36. The SMILES string of the molecule is CCO[SiH](CCN(S(=O)(=O)C(F)(F)F)S(=O)(=O)C(F)(F)F)OCC. The van der Waals surface area contributed by atoms with Gasteiger partial charge in [-0.1, -0.05) is 3.71 Å². The van der Waals surface area contributed by atoms with Crippen molar-refractivity contribution in [2.45, 2.75) is 30.9 Å². The Hall–Kier alpha value is -0.423. The van der Waals surface area contributed by atoms with E-state index < -0.39 is 56.6 Å². The van der Waals surface area contributed by atoms with Crippen LogP contribution in [-0.2, 0) is 28.9 Å². The lowest BCUT2D eigenvalue weighted by Gasteiger charge is -2.25. The lowest BCUT2D eigenvalue weighted by molar-refractivity contribution is -0.0530. The van der Waals surface area contributed by atoms with Crippen LogP contribution in [0, 0.1) is 0 Å². The van der Waals surface area contributed by atoms with Gasteiger partial charge in [0.1, 0.15) is 0 Å². The molecule has 0 spiro atoms. The first-order chi connectivity index (χ1) is 10.6. The molecule has 0 aromatic rings. The highest BCUT2D eigenvalue weighted by molar-refractivity contribution is 8.04. The third kappa shape index (κ3) is 5.55. The molecule has 0 atom stereocenters. The van der Waals surface area contributed by atoms with Gasteiger partial charge in [0.2, 0.25) is 0 Å². The van der Waals surface area contributed by atoms with Crippen molar-refractivity contribution < 1.29 is 52.0 Å². The number of halogens is 6. The van der Waals surface area contributed by atoms with Gasteiger partial charge in [0.15, 0.2) is 0 Å². The van der Waals surface area contributed by atoms with Crippen molar-refractivity contribution in [3.63, 3.8) is 0 Å². The molecule has 146 valence electrons. The standard InChI is InChI=1S/C8H15F6NO6S2Si/c1-3-20-24(21-4-2)6-5-15(22(16,17)7(9,10)11)23(18,19)8(12,13)14/h24H,3-6H2,1-2H3. The van der Waals surface area contributed by atoms with E-state index >= 15 is 0 Å². The minimum atomic E-state index is -6.77. The first-order valence-electron chi connectivity index (χ1n) is 6.26. The van der Waals surface area contributed by atoms with E-state index in [9.17, 15) is 43.2 Å². The third-order valence-corrected chi connectivity index (χ3v) is 8.30. The number of nitrogens with zero attached hydrogens (tertiary/aromatic N) is 1. The van der Waals surface area contributed by atoms with E-state index in [1.807, 2.05) is 0 Å². The van der Waals surface area contributed by atoms with Gasteiger partial charge in [-0.15, -0.1) is 0 Å². The van der Waals surface area contributed by atoms with Crippen LogP contribution in [0.3, 0.4) is 0 Å². The fraction of sp³-hybridized carbons (Fsp3) is 1.00. The quantitative estimate of drug-likeness (QED) is 0.407. The first-order valence-corrected chi connectivity index (χ1v) is 10.9. The van der Waals surface area contributed by atoms with E-state index in [0.29, 0.717) is 0 Å². The maximum atomic E-state index is 12.5. The molecule has 0 saturated carbocycles. The van der Waals surface area contributed by atoms with E-state index in [2.05, 4.69) is 0 Å². The molecule has 0 fully saturated rings. The van der Waals surface area contributed by atoms with Crippen molar-refractivity contribution in [2.75, 3.05) is 19.8 Å². The van der Waals surface area contributed by atoms with Gasteiger partial charge in [0, 0.05) is 25.8 Å². The van der Waals surface area contributed by atoms with Crippen LogP contribution in [0.5, 0.6) is 0 Å². The molecule has 0 aromatic carbocycles. The molecule has 0 amide bonds. The number of sulfonamides is 2. The molecule has 0 rings (SSSR count). The zero-order chi connectivity index (χ0) is 19.4. The summed E-state index contributed by atoms with van der Waals surface area (Å²) < 4.78 is 128. The molecule has 0 radical (unpaired) electrons. The summed E-state index contributed by atoms with van der Waals surface area (Å²) in [5.74, 6) is 0. The van der Waals surface area contributed by atoms with E-state index in [4.69, 9.17) is 8.85 Å². The average Bonchev–Trinajstić information content (AvgIpc) is 2.36. The Morgan fingerprint density at radius 3 is 1.42 bits per heavy atom. The smallest absolute Gasteiger partial charge is 0.397 e. The van der Waals surface area contributed by atoms with Crippen LogP contribution >= 0.6 is 0 Å². The van der Waals surface area contributed by atoms with E-state index in [1.54, 1.807) is 0 Å². The van der Waals surface area contributed by atoms with E-state index in [0.717, 1.165) is 0 Å². The van der Waals surface area contributed by atoms with Crippen molar-refractivity contribution in [3.8, 4) is 0 Å². The van der Waals surface area contributed by atoms with Gasteiger partial charge in [0.25, 0.3) is 0 Å². The molecule has 0 saturated heterocycles. The summed E-state index contributed by atoms with van der Waals surface area (Å²) >= 11 is 0. The Labute approximate surface area is 136 Å². The second-order valence-electron chi connectivity index (χ2n) is 4.03. The fourth-order valence-corrected chi connectivity index (χ4v) is 6.11. The summed E-state index contributed by atoms with van der Waals surface area (Å²) in [5.41, 5.74) is -12.4. The van der Waals surface area contributed by atoms with E-state index in [1.165, 1.54) is 13.8 Å². The molecule has 24 heavy (non-hydrogen) atoms. The molecule has 0 aliphatic rings. The highest BCUT2D eigenvalue weighted by atomic mass is 32.3. The predicted molar refractivity (Wildman–Crippen MR) is 71.9 cm³/mol. The van der Waals surface area contributed by atoms with Gasteiger partial charge in [0.05, 0.1) is 0 Å².